The van der Waals surface area contributed by atoms with Crippen molar-refractivity contribution in [2.24, 2.45) is 0 Å². The molecular weight excluding hydrogens is 339 g/mol. The van der Waals surface area contributed by atoms with Gasteiger partial charge in [-0.2, -0.15) is 0 Å². The van der Waals surface area contributed by atoms with E-state index in [9.17, 15) is 12.8 Å². The molecule has 0 amide bonds. The highest BCUT2D eigenvalue weighted by molar-refractivity contribution is 9.10. The SMILES string of the molecule is CC1OCCC1NS(=O)(=O)c1cc(N)cc(Br)c1F. The Hall–Kier alpha value is -0.700. The van der Waals surface area contributed by atoms with Gasteiger partial charge in [-0.05, 0) is 41.4 Å². The number of sulfonamides is 1. The maximum Gasteiger partial charge on any atom is 0.243 e. The molecule has 0 aliphatic carbocycles. The van der Waals surface area contributed by atoms with E-state index >= 15 is 0 Å². The number of benzene rings is 1. The molecule has 1 aliphatic rings. The van der Waals surface area contributed by atoms with Crippen molar-refractivity contribution in [1.29, 1.82) is 0 Å². The fraction of sp³-hybridized carbons (Fsp3) is 0.455. The van der Waals surface area contributed by atoms with Crippen LogP contribution in [-0.2, 0) is 14.8 Å². The van der Waals surface area contributed by atoms with E-state index in [0.717, 1.165) is 6.07 Å². The normalized spacial score (nSPS) is 23.7. The van der Waals surface area contributed by atoms with Crippen LogP contribution in [0.5, 0.6) is 0 Å². The fourth-order valence-corrected chi connectivity index (χ4v) is 4.01. The highest BCUT2D eigenvalue weighted by Gasteiger charge is 2.31. The predicted molar refractivity (Wildman–Crippen MR) is 72.7 cm³/mol. The van der Waals surface area contributed by atoms with Crippen molar-refractivity contribution in [3.8, 4) is 0 Å². The first kappa shape index (κ1) is 14.7. The first-order valence-corrected chi connectivity index (χ1v) is 7.97. The average Bonchev–Trinajstić information content (AvgIpc) is 2.69. The van der Waals surface area contributed by atoms with Crippen LogP contribution in [-0.4, -0.2) is 27.2 Å². The van der Waals surface area contributed by atoms with Gasteiger partial charge in [0.05, 0.1) is 16.6 Å². The molecular formula is C11H14BrFN2O3S. The van der Waals surface area contributed by atoms with Crippen LogP contribution in [0.15, 0.2) is 21.5 Å². The Morgan fingerprint density at radius 1 is 1.53 bits per heavy atom. The number of halogens is 2. The number of nitrogens with one attached hydrogen (secondary N) is 1. The van der Waals surface area contributed by atoms with Gasteiger partial charge in [0.2, 0.25) is 10.0 Å². The highest BCUT2D eigenvalue weighted by Crippen LogP contribution is 2.27. The van der Waals surface area contributed by atoms with Crippen LogP contribution in [0.2, 0.25) is 0 Å². The summed E-state index contributed by atoms with van der Waals surface area (Å²) >= 11 is 2.94. The lowest BCUT2D eigenvalue weighted by molar-refractivity contribution is 0.117. The van der Waals surface area contributed by atoms with Crippen LogP contribution in [0.1, 0.15) is 13.3 Å². The summed E-state index contributed by atoms with van der Waals surface area (Å²) in [6, 6.07) is 2.06. The summed E-state index contributed by atoms with van der Waals surface area (Å²) in [4.78, 5) is -0.460. The number of nitrogen functional groups attached to an aromatic ring is 1. The van der Waals surface area contributed by atoms with Crippen molar-refractivity contribution in [2.45, 2.75) is 30.4 Å². The quantitative estimate of drug-likeness (QED) is 0.810. The van der Waals surface area contributed by atoms with Gasteiger partial charge in [-0.25, -0.2) is 17.5 Å². The summed E-state index contributed by atoms with van der Waals surface area (Å²) in [6.45, 7) is 2.25. The zero-order chi connectivity index (χ0) is 14.2. The van der Waals surface area contributed by atoms with Gasteiger partial charge >= 0.3 is 0 Å². The fourth-order valence-electron chi connectivity index (χ4n) is 1.93. The highest BCUT2D eigenvalue weighted by atomic mass is 79.9. The molecule has 19 heavy (non-hydrogen) atoms. The van der Waals surface area contributed by atoms with Gasteiger partial charge in [-0.3, -0.25) is 0 Å². The monoisotopic (exact) mass is 352 g/mol. The van der Waals surface area contributed by atoms with E-state index in [1.165, 1.54) is 6.07 Å². The van der Waals surface area contributed by atoms with Crippen LogP contribution in [0.25, 0.3) is 0 Å². The third-order valence-electron chi connectivity index (χ3n) is 2.99. The molecule has 2 unspecified atom stereocenters. The number of nitrogens with two attached hydrogens (primary N) is 1. The number of anilines is 1. The van der Waals surface area contributed by atoms with Crippen LogP contribution in [0.4, 0.5) is 10.1 Å². The van der Waals surface area contributed by atoms with Gasteiger partial charge in [0.25, 0.3) is 0 Å². The molecule has 8 heteroatoms. The molecule has 1 saturated heterocycles. The van der Waals surface area contributed by atoms with E-state index in [0.29, 0.717) is 13.0 Å². The lowest BCUT2D eigenvalue weighted by Crippen LogP contribution is -2.39. The number of hydrogen-bond acceptors (Lipinski definition) is 4. The molecule has 106 valence electrons. The molecule has 1 heterocycles. The summed E-state index contributed by atoms with van der Waals surface area (Å²) in [5.74, 6) is -0.853. The molecule has 1 aromatic rings. The molecule has 0 radical (unpaired) electrons. The first-order valence-electron chi connectivity index (χ1n) is 5.69. The number of hydrogen-bond donors (Lipinski definition) is 2. The van der Waals surface area contributed by atoms with Crippen LogP contribution in [0.3, 0.4) is 0 Å². The van der Waals surface area contributed by atoms with E-state index < -0.39 is 20.7 Å². The second-order valence-electron chi connectivity index (χ2n) is 4.41. The predicted octanol–water partition coefficient (Wildman–Crippen LogP) is 1.63. The van der Waals surface area contributed by atoms with Crippen molar-refractivity contribution >= 4 is 31.6 Å². The summed E-state index contributed by atoms with van der Waals surface area (Å²) in [5, 5.41) is 0. The van der Waals surface area contributed by atoms with Crippen LogP contribution in [0, 0.1) is 5.82 Å². The Bertz CT molecular complexity index is 594. The maximum atomic E-state index is 13.9. The molecule has 1 aromatic carbocycles. The first-order chi connectivity index (χ1) is 8.81. The van der Waals surface area contributed by atoms with E-state index in [1.807, 2.05) is 0 Å². The summed E-state index contributed by atoms with van der Waals surface area (Å²) in [7, 11) is -3.97. The van der Waals surface area contributed by atoms with Gasteiger partial charge in [0.15, 0.2) is 5.82 Å². The Balaban J connectivity index is 2.34. The van der Waals surface area contributed by atoms with E-state index in [1.54, 1.807) is 6.92 Å². The standard InChI is InChI=1S/C11H14BrFN2O3S/c1-6-9(2-3-18-6)15-19(16,17)10-5-7(14)4-8(12)11(10)13/h4-6,9,15H,2-3,14H2,1H3. The molecule has 0 saturated carbocycles. The summed E-state index contributed by atoms with van der Waals surface area (Å²) in [6.07, 6.45) is 0.327. The summed E-state index contributed by atoms with van der Waals surface area (Å²) in [5.41, 5.74) is 5.72. The summed E-state index contributed by atoms with van der Waals surface area (Å²) < 4.78 is 46.0. The lowest BCUT2D eigenvalue weighted by atomic mass is 10.2. The van der Waals surface area contributed by atoms with Crippen LogP contribution < -0.4 is 10.5 Å². The topological polar surface area (TPSA) is 81.4 Å². The minimum absolute atomic E-state index is 0.0172. The van der Waals surface area contributed by atoms with E-state index in [2.05, 4.69) is 20.7 Å². The van der Waals surface area contributed by atoms with Gasteiger partial charge < -0.3 is 10.5 Å². The second kappa shape index (κ2) is 5.35. The molecule has 1 fully saturated rings. The Kier molecular flexibility index (Phi) is 4.14. The minimum atomic E-state index is -3.97. The largest absolute Gasteiger partial charge is 0.399 e. The Morgan fingerprint density at radius 2 is 2.21 bits per heavy atom. The lowest BCUT2D eigenvalue weighted by Gasteiger charge is -2.17. The zero-order valence-electron chi connectivity index (χ0n) is 10.2. The van der Waals surface area contributed by atoms with Crippen LogP contribution >= 0.6 is 15.9 Å². The van der Waals surface area contributed by atoms with Crippen molar-refractivity contribution in [3.63, 3.8) is 0 Å². The Labute approximate surface area is 119 Å². The van der Waals surface area contributed by atoms with Gasteiger partial charge in [0, 0.05) is 12.3 Å². The van der Waals surface area contributed by atoms with Gasteiger partial charge in [-0.1, -0.05) is 0 Å². The zero-order valence-corrected chi connectivity index (χ0v) is 12.6. The van der Waals surface area contributed by atoms with Crippen molar-refractivity contribution in [1.82, 2.24) is 4.72 Å². The van der Waals surface area contributed by atoms with E-state index in [-0.39, 0.29) is 22.3 Å². The second-order valence-corrected chi connectivity index (χ2v) is 6.94. The molecule has 1 aliphatic heterocycles. The molecule has 3 N–H and O–H groups in total. The average molecular weight is 353 g/mol. The smallest absolute Gasteiger partial charge is 0.243 e. The Morgan fingerprint density at radius 3 is 2.79 bits per heavy atom. The molecule has 5 nitrogen and oxygen atoms in total. The van der Waals surface area contributed by atoms with Crippen molar-refractivity contribution in [3.05, 3.63) is 22.4 Å². The molecule has 0 aromatic heterocycles. The van der Waals surface area contributed by atoms with Gasteiger partial charge in [-0.15, -0.1) is 0 Å². The van der Waals surface area contributed by atoms with Crippen molar-refractivity contribution in [2.75, 3.05) is 12.3 Å². The van der Waals surface area contributed by atoms with E-state index in [4.69, 9.17) is 10.5 Å². The van der Waals surface area contributed by atoms with Gasteiger partial charge in [0.1, 0.15) is 4.90 Å². The third kappa shape index (κ3) is 3.07. The molecule has 2 rings (SSSR count). The molecule has 0 spiro atoms. The minimum Gasteiger partial charge on any atom is -0.399 e. The number of rotatable bonds is 3. The van der Waals surface area contributed by atoms with Crippen molar-refractivity contribution < 1.29 is 17.5 Å². The molecule has 0 bridgehead atoms. The maximum absolute atomic E-state index is 13.9. The number of ether oxygens (including phenoxy) is 1. The third-order valence-corrected chi connectivity index (χ3v) is 5.06. The molecule has 2 atom stereocenters.